The molecule has 0 unspecified atom stereocenters. The van der Waals surface area contributed by atoms with Crippen LogP contribution in [0.15, 0.2) is 80.9 Å². The van der Waals surface area contributed by atoms with Gasteiger partial charge in [0.15, 0.2) is 11.9 Å². The van der Waals surface area contributed by atoms with E-state index in [1.807, 2.05) is 66.1 Å². The van der Waals surface area contributed by atoms with Crippen molar-refractivity contribution in [3.05, 3.63) is 105 Å². The molecule has 6 rings (SSSR count). The van der Waals surface area contributed by atoms with Gasteiger partial charge in [0.1, 0.15) is 5.75 Å². The van der Waals surface area contributed by atoms with E-state index < -0.39 is 11.8 Å². The molecule has 4 heterocycles. The number of aryl methyl sites for hydroxylation is 2. The minimum absolute atomic E-state index is 0.346. The van der Waals surface area contributed by atoms with Gasteiger partial charge in [-0.25, -0.2) is 4.79 Å². The minimum Gasteiger partial charge on any atom is -0.474 e. The molecule has 3 aromatic heterocycles. The van der Waals surface area contributed by atoms with E-state index in [1.165, 1.54) is 11.6 Å². The zero-order valence-corrected chi connectivity index (χ0v) is 18.4. The van der Waals surface area contributed by atoms with E-state index in [-0.39, 0.29) is 5.56 Å². The lowest BCUT2D eigenvalue weighted by molar-refractivity contribution is 0.199. The molecule has 0 radical (unpaired) electrons. The lowest BCUT2D eigenvalue weighted by Gasteiger charge is -2.28. The van der Waals surface area contributed by atoms with Crippen molar-refractivity contribution in [2.24, 2.45) is 14.1 Å². The third-order valence-corrected chi connectivity index (χ3v) is 6.33. The monoisotopic (exact) mass is 439 g/mol. The molecule has 7 nitrogen and oxygen atoms in total. The maximum Gasteiger partial charge on any atom is 0.331 e. The van der Waals surface area contributed by atoms with Gasteiger partial charge in [-0.2, -0.15) is 0 Å². The molecule has 2 aromatic carbocycles. The van der Waals surface area contributed by atoms with Crippen molar-refractivity contribution in [3.8, 4) is 22.7 Å². The fourth-order valence-electron chi connectivity index (χ4n) is 4.73. The summed E-state index contributed by atoms with van der Waals surface area (Å²) in [5, 5.41) is 0.468. The highest BCUT2D eigenvalue weighted by Gasteiger charge is 2.37. The van der Waals surface area contributed by atoms with Crippen molar-refractivity contribution in [1.82, 2.24) is 13.7 Å². The number of ether oxygens (including phenoxy) is 1. The topological polar surface area (TPSA) is 71.3 Å². The molecular formula is C26H21N3O4. The number of furan rings is 1. The number of hydrogen-bond donors (Lipinski definition) is 0. The smallest absolute Gasteiger partial charge is 0.331 e. The summed E-state index contributed by atoms with van der Waals surface area (Å²) in [6.07, 6.45) is 0.961. The predicted octanol–water partition coefficient (Wildman–Crippen LogP) is 4.08. The van der Waals surface area contributed by atoms with Gasteiger partial charge in [0, 0.05) is 14.1 Å². The minimum atomic E-state index is -0.630. The molecule has 0 saturated heterocycles. The average molecular weight is 439 g/mol. The normalized spacial score (nSPS) is 14.7. The van der Waals surface area contributed by atoms with Crippen LogP contribution in [0.25, 0.3) is 27.8 Å². The molecule has 1 aliphatic rings. The van der Waals surface area contributed by atoms with E-state index in [1.54, 1.807) is 19.4 Å². The molecule has 0 bridgehead atoms. The van der Waals surface area contributed by atoms with E-state index in [2.05, 4.69) is 0 Å². The molecule has 0 fully saturated rings. The van der Waals surface area contributed by atoms with Crippen molar-refractivity contribution in [2.45, 2.75) is 13.0 Å². The summed E-state index contributed by atoms with van der Waals surface area (Å²) in [5.74, 6) is 1.26. The molecule has 5 aromatic rings. The first-order chi connectivity index (χ1) is 16.0. The van der Waals surface area contributed by atoms with Crippen LogP contribution in [0.1, 0.15) is 23.1 Å². The fourth-order valence-corrected chi connectivity index (χ4v) is 4.73. The number of hydrogen-bond acceptors (Lipinski definition) is 4. The van der Waals surface area contributed by atoms with Gasteiger partial charge in [0.25, 0.3) is 5.56 Å². The zero-order chi connectivity index (χ0) is 22.9. The van der Waals surface area contributed by atoms with E-state index in [9.17, 15) is 9.59 Å². The van der Waals surface area contributed by atoms with Gasteiger partial charge in [-0.15, -0.1) is 0 Å². The Morgan fingerprint density at radius 2 is 1.64 bits per heavy atom. The number of rotatable bonds is 2. The van der Waals surface area contributed by atoms with Crippen LogP contribution >= 0.6 is 0 Å². The van der Waals surface area contributed by atoms with Crippen LogP contribution < -0.4 is 16.0 Å². The molecule has 1 atom stereocenters. The van der Waals surface area contributed by atoms with Crippen LogP contribution in [-0.2, 0) is 14.1 Å². The van der Waals surface area contributed by atoms with Crippen molar-refractivity contribution in [1.29, 1.82) is 0 Å². The van der Waals surface area contributed by atoms with Gasteiger partial charge >= 0.3 is 5.69 Å². The molecule has 0 spiro atoms. The summed E-state index contributed by atoms with van der Waals surface area (Å²) in [6, 6.07) is 19.4. The fraction of sp³-hybridized carbons (Fsp3) is 0.154. The van der Waals surface area contributed by atoms with E-state index in [0.29, 0.717) is 28.1 Å². The SMILES string of the molecule is Cc1ccc(-c2c3c(=O)n(C)c(=O)n(C)c3c3n2-c2ccccc2O[C@H]3c2ccco2)cc1. The van der Waals surface area contributed by atoms with Crippen molar-refractivity contribution in [3.63, 3.8) is 0 Å². The summed E-state index contributed by atoms with van der Waals surface area (Å²) < 4.78 is 16.9. The van der Waals surface area contributed by atoms with Gasteiger partial charge in [0.05, 0.1) is 34.2 Å². The number of benzene rings is 2. The van der Waals surface area contributed by atoms with Crippen LogP contribution in [0, 0.1) is 6.92 Å². The predicted molar refractivity (Wildman–Crippen MR) is 125 cm³/mol. The van der Waals surface area contributed by atoms with Crippen molar-refractivity contribution >= 4 is 10.9 Å². The Hall–Kier alpha value is -4.26. The van der Waals surface area contributed by atoms with Crippen LogP contribution in [0.2, 0.25) is 0 Å². The molecular weight excluding hydrogens is 418 g/mol. The van der Waals surface area contributed by atoms with Crippen LogP contribution in [0.3, 0.4) is 0 Å². The maximum atomic E-state index is 13.6. The Balaban J connectivity index is 1.88. The van der Waals surface area contributed by atoms with E-state index in [0.717, 1.165) is 27.1 Å². The van der Waals surface area contributed by atoms with Gasteiger partial charge in [-0.05, 0) is 36.8 Å². The number of aromatic nitrogens is 3. The summed E-state index contributed by atoms with van der Waals surface area (Å²) in [7, 11) is 3.19. The lowest BCUT2D eigenvalue weighted by Crippen LogP contribution is -2.37. The Kier molecular flexibility index (Phi) is 4.04. The van der Waals surface area contributed by atoms with Gasteiger partial charge < -0.3 is 13.7 Å². The van der Waals surface area contributed by atoms with Gasteiger partial charge in [-0.1, -0.05) is 42.0 Å². The summed E-state index contributed by atoms with van der Waals surface area (Å²) in [4.78, 5) is 26.5. The molecule has 0 amide bonds. The molecule has 33 heavy (non-hydrogen) atoms. The summed E-state index contributed by atoms with van der Waals surface area (Å²) in [6.45, 7) is 2.02. The second-order valence-corrected chi connectivity index (χ2v) is 8.35. The molecule has 0 N–H and O–H groups in total. The van der Waals surface area contributed by atoms with Crippen LogP contribution in [0.4, 0.5) is 0 Å². The summed E-state index contributed by atoms with van der Waals surface area (Å²) in [5.41, 5.74) is 4.00. The molecule has 164 valence electrons. The van der Waals surface area contributed by atoms with E-state index >= 15 is 0 Å². The molecule has 0 aliphatic carbocycles. The first-order valence-electron chi connectivity index (χ1n) is 10.7. The van der Waals surface area contributed by atoms with Crippen molar-refractivity contribution in [2.75, 3.05) is 0 Å². The third-order valence-electron chi connectivity index (χ3n) is 6.33. The Labute approximate surface area is 188 Å². The Bertz CT molecular complexity index is 1650. The second-order valence-electron chi connectivity index (χ2n) is 8.35. The standard InChI is InChI=1S/C26H21N3O4/c1-15-10-12-16(13-11-15)21-20-22(27(2)26(31)28(3)25(20)30)23-24(19-9-6-14-32-19)33-18-8-5-4-7-17(18)29(21)23/h4-14,24H,1-3H3/t24-/m0/s1. The number of nitrogens with zero attached hydrogens (tertiary/aromatic N) is 3. The Morgan fingerprint density at radius 1 is 0.879 bits per heavy atom. The van der Waals surface area contributed by atoms with Gasteiger partial charge in [0.2, 0.25) is 0 Å². The maximum absolute atomic E-state index is 13.6. The van der Waals surface area contributed by atoms with Crippen molar-refractivity contribution < 1.29 is 9.15 Å². The largest absolute Gasteiger partial charge is 0.474 e. The second kappa shape index (κ2) is 6.87. The summed E-state index contributed by atoms with van der Waals surface area (Å²) >= 11 is 0. The lowest BCUT2D eigenvalue weighted by atomic mass is 10.1. The number of para-hydroxylation sites is 2. The molecule has 1 aliphatic heterocycles. The van der Waals surface area contributed by atoms with Crippen LogP contribution in [-0.4, -0.2) is 13.7 Å². The Morgan fingerprint density at radius 3 is 2.36 bits per heavy atom. The van der Waals surface area contributed by atoms with Gasteiger partial charge in [-0.3, -0.25) is 13.9 Å². The first kappa shape index (κ1) is 19.4. The highest BCUT2D eigenvalue weighted by Crippen LogP contribution is 2.46. The number of fused-ring (bicyclic) bond motifs is 5. The molecule has 0 saturated carbocycles. The average Bonchev–Trinajstić information content (AvgIpc) is 3.48. The highest BCUT2D eigenvalue weighted by molar-refractivity contribution is 5.98. The first-order valence-corrected chi connectivity index (χ1v) is 10.7. The molecule has 7 heteroatoms. The highest BCUT2D eigenvalue weighted by atomic mass is 16.5. The third kappa shape index (κ3) is 2.62. The van der Waals surface area contributed by atoms with Crippen LogP contribution in [0.5, 0.6) is 5.75 Å². The van der Waals surface area contributed by atoms with E-state index in [4.69, 9.17) is 9.15 Å². The quantitative estimate of drug-likeness (QED) is 0.416. The zero-order valence-electron chi connectivity index (χ0n) is 18.4.